The number of hydrogen-bond donors (Lipinski definition) is 1. The third-order valence-electron chi connectivity index (χ3n) is 4.90. The zero-order valence-corrected chi connectivity index (χ0v) is 16.7. The van der Waals surface area contributed by atoms with Crippen molar-refractivity contribution in [3.63, 3.8) is 0 Å². The van der Waals surface area contributed by atoms with E-state index in [9.17, 15) is 19.5 Å². The molecule has 30 heavy (non-hydrogen) atoms. The molecule has 0 bridgehead atoms. The van der Waals surface area contributed by atoms with Crippen molar-refractivity contribution in [3.05, 3.63) is 70.5 Å². The van der Waals surface area contributed by atoms with Gasteiger partial charge in [0.25, 0.3) is 5.56 Å². The molecule has 1 amide bonds. The van der Waals surface area contributed by atoms with Crippen LogP contribution in [0.2, 0.25) is 0 Å². The van der Waals surface area contributed by atoms with Gasteiger partial charge in [-0.15, -0.1) is 5.10 Å². The van der Waals surface area contributed by atoms with E-state index in [1.165, 1.54) is 0 Å². The van der Waals surface area contributed by atoms with E-state index in [2.05, 4.69) is 15.6 Å². The van der Waals surface area contributed by atoms with E-state index >= 15 is 0 Å². The Kier molecular flexibility index (Phi) is 6.90. The number of carbonyl (C=O) groups excluding carboxylic acids is 2. The molecule has 0 aliphatic carbocycles. The standard InChI is InChI=1S/C22H24N4O4/c1-2-3-13-19(26-21(28)16-11-7-8-12-17(16)24-25-26)20(27)23-18(22(29)30)14-15-9-5-4-6-10-15/h4-12,18-19H,2-3,13-14H2,1H3,(H,23,27)(H,29,30)/p-1/t18-,19+/m0/s1. The van der Waals surface area contributed by atoms with E-state index in [-0.39, 0.29) is 6.42 Å². The molecule has 0 aliphatic heterocycles. The van der Waals surface area contributed by atoms with Crippen molar-refractivity contribution in [1.82, 2.24) is 20.3 Å². The Morgan fingerprint density at radius 3 is 2.50 bits per heavy atom. The minimum absolute atomic E-state index is 0.0771. The van der Waals surface area contributed by atoms with Crippen LogP contribution in [0.1, 0.15) is 37.8 Å². The van der Waals surface area contributed by atoms with Crippen molar-refractivity contribution in [2.24, 2.45) is 0 Å². The summed E-state index contributed by atoms with van der Waals surface area (Å²) < 4.78 is 1.04. The number of carboxylic acids is 1. The number of aliphatic carboxylic acids is 1. The molecule has 1 N–H and O–H groups in total. The molecule has 2 aromatic carbocycles. The molecule has 0 unspecified atom stereocenters. The Labute approximate surface area is 173 Å². The smallest absolute Gasteiger partial charge is 0.278 e. The van der Waals surface area contributed by atoms with Crippen molar-refractivity contribution in [2.75, 3.05) is 0 Å². The highest BCUT2D eigenvalue weighted by molar-refractivity contribution is 5.86. The fourth-order valence-electron chi connectivity index (χ4n) is 3.28. The number of fused-ring (bicyclic) bond motifs is 1. The summed E-state index contributed by atoms with van der Waals surface area (Å²) >= 11 is 0. The molecule has 1 aromatic heterocycles. The van der Waals surface area contributed by atoms with Gasteiger partial charge in [0, 0.05) is 0 Å². The second-order valence-electron chi connectivity index (χ2n) is 7.08. The number of carbonyl (C=O) groups is 2. The molecule has 8 nitrogen and oxygen atoms in total. The first-order valence-corrected chi connectivity index (χ1v) is 9.90. The number of nitrogens with zero attached hydrogens (tertiary/aromatic N) is 3. The molecule has 0 saturated heterocycles. The fourth-order valence-corrected chi connectivity index (χ4v) is 3.28. The van der Waals surface area contributed by atoms with Gasteiger partial charge in [0.1, 0.15) is 11.6 Å². The van der Waals surface area contributed by atoms with Crippen LogP contribution in [0.3, 0.4) is 0 Å². The molecular weight excluding hydrogens is 384 g/mol. The molecule has 0 saturated carbocycles. The number of unbranched alkanes of at least 4 members (excludes halogenated alkanes) is 1. The van der Waals surface area contributed by atoms with Gasteiger partial charge in [-0.05, 0) is 30.5 Å². The summed E-state index contributed by atoms with van der Waals surface area (Å²) in [6.07, 6.45) is 1.87. The molecule has 3 rings (SSSR count). The van der Waals surface area contributed by atoms with E-state index < -0.39 is 29.5 Å². The van der Waals surface area contributed by atoms with Crippen molar-refractivity contribution in [3.8, 4) is 0 Å². The molecule has 1 heterocycles. The average molecular weight is 407 g/mol. The topological polar surface area (TPSA) is 117 Å². The average Bonchev–Trinajstić information content (AvgIpc) is 2.75. The van der Waals surface area contributed by atoms with Crippen LogP contribution in [0.4, 0.5) is 0 Å². The highest BCUT2D eigenvalue weighted by atomic mass is 16.4. The van der Waals surface area contributed by atoms with E-state index in [1.807, 2.05) is 13.0 Å². The SMILES string of the molecule is CCCC[C@H](C(=O)N[C@@H](Cc1ccccc1)C(=O)[O-])n1nnc2ccccc2c1=O. The number of benzene rings is 2. The van der Waals surface area contributed by atoms with Gasteiger partial charge >= 0.3 is 0 Å². The minimum Gasteiger partial charge on any atom is -0.548 e. The lowest BCUT2D eigenvalue weighted by atomic mass is 10.0. The maximum Gasteiger partial charge on any atom is 0.278 e. The van der Waals surface area contributed by atoms with Gasteiger partial charge in [-0.2, -0.15) is 4.68 Å². The first kappa shape index (κ1) is 21.2. The number of amides is 1. The van der Waals surface area contributed by atoms with Crippen LogP contribution in [-0.4, -0.2) is 32.9 Å². The highest BCUT2D eigenvalue weighted by Gasteiger charge is 2.26. The number of carboxylic acid groups (broad SMARTS) is 1. The van der Waals surface area contributed by atoms with E-state index in [4.69, 9.17) is 0 Å². The molecule has 8 heteroatoms. The first-order valence-electron chi connectivity index (χ1n) is 9.90. The monoisotopic (exact) mass is 407 g/mol. The van der Waals surface area contributed by atoms with Crippen molar-refractivity contribution in [2.45, 2.75) is 44.7 Å². The first-order chi connectivity index (χ1) is 14.5. The summed E-state index contributed by atoms with van der Waals surface area (Å²) in [5.41, 5.74) is 0.745. The van der Waals surface area contributed by atoms with E-state index in [0.717, 1.165) is 16.7 Å². The second kappa shape index (κ2) is 9.78. The zero-order chi connectivity index (χ0) is 21.5. The van der Waals surface area contributed by atoms with Crippen LogP contribution in [0.25, 0.3) is 10.9 Å². The van der Waals surface area contributed by atoms with Crippen molar-refractivity contribution in [1.29, 1.82) is 0 Å². The second-order valence-corrected chi connectivity index (χ2v) is 7.08. The third kappa shape index (κ3) is 4.89. The summed E-state index contributed by atoms with van der Waals surface area (Å²) in [6.45, 7) is 1.96. The normalized spacial score (nSPS) is 13.0. The fraction of sp³-hybridized carbons (Fsp3) is 0.318. The van der Waals surface area contributed by atoms with Gasteiger partial charge in [-0.25, -0.2) is 0 Å². The number of nitrogens with one attached hydrogen (secondary N) is 1. The van der Waals surface area contributed by atoms with Gasteiger partial charge in [0.15, 0.2) is 0 Å². The number of aromatic nitrogens is 3. The summed E-state index contributed by atoms with van der Waals surface area (Å²) in [5.74, 6) is -1.99. The molecule has 0 aliphatic rings. The Morgan fingerprint density at radius 1 is 1.10 bits per heavy atom. The zero-order valence-electron chi connectivity index (χ0n) is 16.7. The highest BCUT2D eigenvalue weighted by Crippen LogP contribution is 2.15. The van der Waals surface area contributed by atoms with Gasteiger partial charge in [0.2, 0.25) is 5.91 Å². The Morgan fingerprint density at radius 2 is 1.80 bits per heavy atom. The van der Waals surface area contributed by atoms with Crippen LogP contribution >= 0.6 is 0 Å². The van der Waals surface area contributed by atoms with Crippen LogP contribution in [0.15, 0.2) is 59.4 Å². The predicted octanol–water partition coefficient (Wildman–Crippen LogP) is 1.00. The van der Waals surface area contributed by atoms with Crippen LogP contribution in [-0.2, 0) is 16.0 Å². The van der Waals surface area contributed by atoms with Crippen molar-refractivity contribution < 1.29 is 14.7 Å². The maximum atomic E-state index is 13.0. The molecule has 3 aromatic rings. The minimum atomic E-state index is -1.39. The molecule has 156 valence electrons. The maximum absolute atomic E-state index is 13.0. The van der Waals surface area contributed by atoms with Crippen molar-refractivity contribution >= 4 is 22.8 Å². The molecule has 0 fully saturated rings. The molecular formula is C22H23N4O4-. The van der Waals surface area contributed by atoms with Gasteiger partial charge in [-0.1, -0.05) is 67.4 Å². The third-order valence-corrected chi connectivity index (χ3v) is 4.90. The molecule has 0 radical (unpaired) electrons. The summed E-state index contributed by atoms with van der Waals surface area (Å²) in [4.78, 5) is 37.5. The Hall–Kier alpha value is -3.55. The van der Waals surface area contributed by atoms with E-state index in [0.29, 0.717) is 23.7 Å². The lowest BCUT2D eigenvalue weighted by Crippen LogP contribution is -2.51. The predicted molar refractivity (Wildman–Crippen MR) is 109 cm³/mol. The van der Waals surface area contributed by atoms with Gasteiger partial charge in [-0.3, -0.25) is 9.59 Å². The largest absolute Gasteiger partial charge is 0.548 e. The van der Waals surface area contributed by atoms with Gasteiger partial charge < -0.3 is 15.2 Å². The lowest BCUT2D eigenvalue weighted by Gasteiger charge is -2.24. The van der Waals surface area contributed by atoms with Crippen LogP contribution < -0.4 is 16.0 Å². The molecule has 0 spiro atoms. The van der Waals surface area contributed by atoms with E-state index in [1.54, 1.807) is 48.5 Å². The molecule has 2 atom stereocenters. The quantitative estimate of drug-likeness (QED) is 0.566. The summed E-state index contributed by atoms with van der Waals surface area (Å²) in [7, 11) is 0. The van der Waals surface area contributed by atoms with Crippen LogP contribution in [0, 0.1) is 0 Å². The number of hydrogen-bond acceptors (Lipinski definition) is 6. The summed E-state index contributed by atoms with van der Waals surface area (Å²) in [6, 6.07) is 13.5. The Bertz CT molecular complexity index is 1080. The van der Waals surface area contributed by atoms with Gasteiger partial charge in [0.05, 0.1) is 17.4 Å². The number of rotatable bonds is 9. The lowest BCUT2D eigenvalue weighted by molar-refractivity contribution is -0.308. The van der Waals surface area contributed by atoms with Crippen LogP contribution in [0.5, 0.6) is 0 Å². The Balaban J connectivity index is 1.89. The summed E-state index contributed by atoms with van der Waals surface area (Å²) in [5, 5.41) is 22.5.